The first-order valence-corrected chi connectivity index (χ1v) is 7.68. The first kappa shape index (κ1) is 17.3. The molecule has 0 saturated carbocycles. The Labute approximate surface area is 136 Å². The van der Waals surface area contributed by atoms with Crippen molar-refractivity contribution in [1.82, 2.24) is 0 Å². The second-order valence-electron chi connectivity index (χ2n) is 5.31. The van der Waals surface area contributed by atoms with Gasteiger partial charge in [0.2, 0.25) is 0 Å². The van der Waals surface area contributed by atoms with E-state index in [1.807, 2.05) is 60.7 Å². The van der Waals surface area contributed by atoms with Crippen LogP contribution in [0, 0.1) is 0 Å². The van der Waals surface area contributed by atoms with Crippen LogP contribution in [0.25, 0.3) is 0 Å². The number of carbonyl (C=O) groups excluding carboxylic acids is 1. The first-order valence-electron chi connectivity index (χ1n) is 7.68. The van der Waals surface area contributed by atoms with Gasteiger partial charge in [0.05, 0.1) is 25.9 Å². The third-order valence-corrected chi connectivity index (χ3v) is 3.46. The van der Waals surface area contributed by atoms with Crippen LogP contribution in [0.15, 0.2) is 60.7 Å². The van der Waals surface area contributed by atoms with Crippen LogP contribution in [0.5, 0.6) is 0 Å². The van der Waals surface area contributed by atoms with Gasteiger partial charge in [-0.1, -0.05) is 60.7 Å². The van der Waals surface area contributed by atoms with E-state index >= 15 is 0 Å². The van der Waals surface area contributed by atoms with Crippen molar-refractivity contribution >= 4 is 6.29 Å². The smallest absolute Gasteiger partial charge is 0.122 e. The summed E-state index contributed by atoms with van der Waals surface area (Å²) in [6, 6.07) is 19.4. The summed E-state index contributed by atoms with van der Waals surface area (Å²) in [4.78, 5) is 10.8. The lowest BCUT2D eigenvalue weighted by Gasteiger charge is -2.21. The maximum Gasteiger partial charge on any atom is 0.122 e. The zero-order chi connectivity index (χ0) is 16.3. The van der Waals surface area contributed by atoms with Gasteiger partial charge in [-0.05, 0) is 11.1 Å². The summed E-state index contributed by atoms with van der Waals surface area (Å²) in [5.74, 6) is 0. The third-order valence-electron chi connectivity index (χ3n) is 3.46. The van der Waals surface area contributed by atoms with Crippen LogP contribution in [0.3, 0.4) is 0 Å². The molecule has 0 aliphatic carbocycles. The Morgan fingerprint density at radius 3 is 2.04 bits per heavy atom. The zero-order valence-electron chi connectivity index (χ0n) is 13.0. The lowest BCUT2D eigenvalue weighted by molar-refractivity contribution is -0.117. The number of rotatable bonds is 10. The summed E-state index contributed by atoms with van der Waals surface area (Å²) in [5, 5.41) is 10.2. The molecule has 2 aromatic rings. The lowest BCUT2D eigenvalue weighted by atomic mass is 10.1. The number of aliphatic hydroxyl groups excluding tert-OH is 1. The molecule has 0 aliphatic heterocycles. The van der Waals surface area contributed by atoms with Crippen molar-refractivity contribution in [3.05, 3.63) is 71.8 Å². The maximum atomic E-state index is 10.8. The van der Waals surface area contributed by atoms with Crippen molar-refractivity contribution in [1.29, 1.82) is 0 Å². The minimum absolute atomic E-state index is 0.127. The molecule has 2 rings (SSSR count). The molecule has 2 atom stereocenters. The monoisotopic (exact) mass is 314 g/mol. The molecule has 0 bridgehead atoms. The predicted molar refractivity (Wildman–Crippen MR) is 87.8 cm³/mol. The molecular weight excluding hydrogens is 292 g/mol. The number of ether oxygens (including phenoxy) is 2. The number of benzene rings is 2. The van der Waals surface area contributed by atoms with Crippen LogP contribution in [0.2, 0.25) is 0 Å². The molecule has 0 spiro atoms. The molecule has 0 aromatic heterocycles. The van der Waals surface area contributed by atoms with E-state index in [-0.39, 0.29) is 13.0 Å². The SMILES string of the molecule is O=CC[C@@H](OCc1ccccc1)[C@@H](O)COCc1ccccc1. The number of hydrogen-bond donors (Lipinski definition) is 1. The van der Waals surface area contributed by atoms with Crippen LogP contribution in [-0.4, -0.2) is 30.2 Å². The second kappa shape index (κ2) is 9.90. The highest BCUT2D eigenvalue weighted by atomic mass is 16.5. The van der Waals surface area contributed by atoms with E-state index in [0.717, 1.165) is 17.4 Å². The summed E-state index contributed by atoms with van der Waals surface area (Å²) in [7, 11) is 0. The quantitative estimate of drug-likeness (QED) is 0.685. The van der Waals surface area contributed by atoms with Gasteiger partial charge in [-0.15, -0.1) is 0 Å². The van der Waals surface area contributed by atoms with E-state index < -0.39 is 12.2 Å². The predicted octanol–water partition coefficient (Wildman–Crippen LogP) is 2.74. The number of hydrogen-bond acceptors (Lipinski definition) is 4. The standard InChI is InChI=1S/C19H22O4/c20-12-11-19(23-14-17-9-5-2-6-10-17)18(21)15-22-13-16-7-3-1-4-8-16/h1-10,12,18-19,21H,11,13-15H2/t18-,19+/m0/s1. The fraction of sp³-hybridized carbons (Fsp3) is 0.316. The Balaban J connectivity index is 1.78. The summed E-state index contributed by atoms with van der Waals surface area (Å²) in [6.07, 6.45) is -0.505. The normalized spacial score (nSPS) is 13.4. The summed E-state index contributed by atoms with van der Waals surface area (Å²) < 4.78 is 11.2. The molecule has 0 heterocycles. The van der Waals surface area contributed by atoms with Crippen molar-refractivity contribution in [2.45, 2.75) is 31.8 Å². The maximum absolute atomic E-state index is 10.8. The van der Waals surface area contributed by atoms with E-state index in [4.69, 9.17) is 9.47 Å². The fourth-order valence-electron chi connectivity index (χ4n) is 2.19. The second-order valence-corrected chi connectivity index (χ2v) is 5.31. The molecule has 0 unspecified atom stereocenters. The van der Waals surface area contributed by atoms with Gasteiger partial charge in [0, 0.05) is 6.42 Å². The third kappa shape index (κ3) is 6.32. The molecule has 122 valence electrons. The molecule has 1 N–H and O–H groups in total. The number of aliphatic hydroxyl groups is 1. The molecule has 0 aliphatic rings. The van der Waals surface area contributed by atoms with E-state index in [1.165, 1.54) is 0 Å². The molecule has 0 radical (unpaired) electrons. The Bertz CT molecular complexity index is 556. The molecule has 2 aromatic carbocycles. The van der Waals surface area contributed by atoms with Gasteiger partial charge in [0.1, 0.15) is 12.4 Å². The molecule has 4 nitrogen and oxygen atoms in total. The summed E-state index contributed by atoms with van der Waals surface area (Å²) in [5.41, 5.74) is 2.04. The van der Waals surface area contributed by atoms with Crippen LogP contribution in [-0.2, 0) is 27.5 Å². The minimum atomic E-state index is -0.840. The van der Waals surface area contributed by atoms with Crippen molar-refractivity contribution in [2.75, 3.05) is 6.61 Å². The zero-order valence-corrected chi connectivity index (χ0v) is 13.0. The Kier molecular flexibility index (Phi) is 7.46. The van der Waals surface area contributed by atoms with Crippen molar-refractivity contribution < 1.29 is 19.4 Å². The van der Waals surface area contributed by atoms with Crippen LogP contribution in [0.1, 0.15) is 17.5 Å². The largest absolute Gasteiger partial charge is 0.388 e. The molecule has 0 fully saturated rings. The highest BCUT2D eigenvalue weighted by Crippen LogP contribution is 2.10. The van der Waals surface area contributed by atoms with Gasteiger partial charge in [0.15, 0.2) is 0 Å². The van der Waals surface area contributed by atoms with Gasteiger partial charge in [0.25, 0.3) is 0 Å². The number of aldehydes is 1. The molecular formula is C19H22O4. The van der Waals surface area contributed by atoms with Gasteiger partial charge < -0.3 is 19.4 Å². The van der Waals surface area contributed by atoms with Crippen LogP contribution in [0.4, 0.5) is 0 Å². The van der Waals surface area contributed by atoms with Gasteiger partial charge >= 0.3 is 0 Å². The van der Waals surface area contributed by atoms with E-state index in [1.54, 1.807) is 0 Å². The number of carbonyl (C=O) groups is 1. The first-order chi connectivity index (χ1) is 11.3. The highest BCUT2D eigenvalue weighted by molar-refractivity contribution is 5.50. The molecule has 0 amide bonds. The lowest BCUT2D eigenvalue weighted by Crippen LogP contribution is -2.33. The van der Waals surface area contributed by atoms with Gasteiger partial charge in [-0.25, -0.2) is 0 Å². The average Bonchev–Trinajstić information content (AvgIpc) is 2.60. The van der Waals surface area contributed by atoms with Crippen LogP contribution < -0.4 is 0 Å². The van der Waals surface area contributed by atoms with Gasteiger partial charge in [-0.3, -0.25) is 0 Å². The fourth-order valence-corrected chi connectivity index (χ4v) is 2.19. The van der Waals surface area contributed by atoms with Crippen molar-refractivity contribution in [3.63, 3.8) is 0 Å². The van der Waals surface area contributed by atoms with E-state index in [0.29, 0.717) is 13.2 Å². The molecule has 0 saturated heterocycles. The highest BCUT2D eigenvalue weighted by Gasteiger charge is 2.20. The van der Waals surface area contributed by atoms with E-state index in [2.05, 4.69) is 0 Å². The molecule has 4 heteroatoms. The Hall–Kier alpha value is -2.01. The van der Waals surface area contributed by atoms with Gasteiger partial charge in [-0.2, -0.15) is 0 Å². The van der Waals surface area contributed by atoms with Crippen molar-refractivity contribution in [3.8, 4) is 0 Å². The summed E-state index contributed by atoms with van der Waals surface area (Å²) in [6.45, 7) is 0.904. The van der Waals surface area contributed by atoms with E-state index in [9.17, 15) is 9.90 Å². The Morgan fingerprint density at radius 1 is 0.913 bits per heavy atom. The minimum Gasteiger partial charge on any atom is -0.388 e. The van der Waals surface area contributed by atoms with Crippen LogP contribution >= 0.6 is 0 Å². The topological polar surface area (TPSA) is 55.8 Å². The average molecular weight is 314 g/mol. The Morgan fingerprint density at radius 2 is 1.48 bits per heavy atom. The molecule has 23 heavy (non-hydrogen) atoms. The van der Waals surface area contributed by atoms with Crippen molar-refractivity contribution in [2.24, 2.45) is 0 Å². The summed E-state index contributed by atoms with van der Waals surface area (Å²) >= 11 is 0.